The molecule has 2 N–H and O–H groups in total. The molecule has 1 aromatic carbocycles. The summed E-state index contributed by atoms with van der Waals surface area (Å²) in [6.07, 6.45) is 0.676. The van der Waals surface area contributed by atoms with Crippen LogP contribution in [0.1, 0.15) is 12.8 Å². The van der Waals surface area contributed by atoms with Gasteiger partial charge in [-0.3, -0.25) is 0 Å². The van der Waals surface area contributed by atoms with E-state index in [0.29, 0.717) is 24.0 Å². The molecule has 8 heteroatoms. The number of hydrogen-bond acceptors (Lipinski definition) is 4. The van der Waals surface area contributed by atoms with E-state index in [4.69, 9.17) is 4.74 Å². The van der Waals surface area contributed by atoms with E-state index in [1.807, 2.05) is 0 Å². The van der Waals surface area contributed by atoms with Gasteiger partial charge in [0.25, 0.3) is 0 Å². The van der Waals surface area contributed by atoms with Gasteiger partial charge < -0.3 is 15.2 Å². The number of halogens is 4. The number of aliphatic hydroxyl groups is 1. The van der Waals surface area contributed by atoms with Crippen molar-refractivity contribution in [1.82, 2.24) is 5.32 Å². The minimum absolute atomic E-state index is 0. The number of hydrogen-bond donors (Lipinski definition) is 2. The lowest BCUT2D eigenvalue weighted by atomic mass is 9.78. The van der Waals surface area contributed by atoms with E-state index in [1.54, 1.807) is 0 Å². The lowest BCUT2D eigenvalue weighted by Crippen LogP contribution is -2.42. The average Bonchev–Trinajstić information content (AvgIpc) is 2.87. The first-order valence-corrected chi connectivity index (χ1v) is 8.13. The topological polar surface area (TPSA) is 41.5 Å². The van der Waals surface area contributed by atoms with Crippen LogP contribution in [-0.2, 0) is 0 Å². The summed E-state index contributed by atoms with van der Waals surface area (Å²) in [5.74, 6) is 1.51. The van der Waals surface area contributed by atoms with Gasteiger partial charge in [0.15, 0.2) is 0 Å². The molecular weight excluding hydrogens is 351 g/mol. The van der Waals surface area contributed by atoms with Crippen molar-refractivity contribution >= 4 is 24.2 Å². The molecule has 1 heterocycles. The minimum Gasteiger partial charge on any atom is -0.488 e. The van der Waals surface area contributed by atoms with Gasteiger partial charge in [0.1, 0.15) is 11.9 Å². The SMILES string of the molecule is Cl.O[C@@H]1C[C@H]2CNC[C@H]2C[C@H]1Oc1ccc(SC(F)(F)F)cc1. The highest BCUT2D eigenvalue weighted by molar-refractivity contribution is 8.00. The zero-order chi connectivity index (χ0) is 15.7. The fourth-order valence-corrected chi connectivity index (χ4v) is 3.82. The Balaban J connectivity index is 0.00000192. The highest BCUT2D eigenvalue weighted by Crippen LogP contribution is 2.38. The molecule has 0 aromatic heterocycles. The van der Waals surface area contributed by atoms with E-state index in [0.717, 1.165) is 19.5 Å². The van der Waals surface area contributed by atoms with Crippen LogP contribution < -0.4 is 10.1 Å². The zero-order valence-electron chi connectivity index (χ0n) is 12.3. The van der Waals surface area contributed by atoms with Crippen molar-refractivity contribution in [2.45, 2.75) is 35.5 Å². The van der Waals surface area contributed by atoms with Gasteiger partial charge in [-0.25, -0.2) is 0 Å². The number of nitrogens with one attached hydrogen (secondary N) is 1. The minimum atomic E-state index is -4.29. The van der Waals surface area contributed by atoms with Gasteiger partial charge >= 0.3 is 5.51 Å². The molecule has 0 radical (unpaired) electrons. The molecule has 3 rings (SSSR count). The summed E-state index contributed by atoms with van der Waals surface area (Å²) in [6.45, 7) is 1.89. The second-order valence-electron chi connectivity index (χ2n) is 5.89. The third-order valence-electron chi connectivity index (χ3n) is 4.33. The van der Waals surface area contributed by atoms with Crippen LogP contribution in [0.15, 0.2) is 29.2 Å². The Bertz CT molecular complexity index is 514. The fraction of sp³-hybridized carbons (Fsp3) is 0.600. The van der Waals surface area contributed by atoms with Crippen LogP contribution in [-0.4, -0.2) is 35.9 Å². The number of alkyl halides is 3. The van der Waals surface area contributed by atoms with Crippen LogP contribution in [0, 0.1) is 11.8 Å². The predicted molar refractivity (Wildman–Crippen MR) is 85.1 cm³/mol. The number of fused-ring (bicyclic) bond motifs is 1. The van der Waals surface area contributed by atoms with Crippen LogP contribution in [0.2, 0.25) is 0 Å². The van der Waals surface area contributed by atoms with Gasteiger partial charge in [0, 0.05) is 4.90 Å². The Morgan fingerprint density at radius 1 is 1.09 bits per heavy atom. The summed E-state index contributed by atoms with van der Waals surface area (Å²) in [6, 6.07) is 5.84. The monoisotopic (exact) mass is 369 g/mol. The number of benzene rings is 1. The second-order valence-corrected chi connectivity index (χ2v) is 7.03. The van der Waals surface area contributed by atoms with Crippen LogP contribution in [0.4, 0.5) is 13.2 Å². The fourth-order valence-electron chi connectivity index (χ4n) is 3.28. The van der Waals surface area contributed by atoms with E-state index in [-0.39, 0.29) is 35.2 Å². The quantitative estimate of drug-likeness (QED) is 0.801. The van der Waals surface area contributed by atoms with Crippen molar-refractivity contribution in [2.24, 2.45) is 11.8 Å². The maximum atomic E-state index is 12.3. The molecule has 1 saturated heterocycles. The highest BCUT2D eigenvalue weighted by Gasteiger charge is 2.39. The summed E-state index contributed by atoms with van der Waals surface area (Å²) in [7, 11) is 0. The zero-order valence-corrected chi connectivity index (χ0v) is 13.9. The lowest BCUT2D eigenvalue weighted by Gasteiger charge is -2.35. The molecule has 1 aliphatic heterocycles. The largest absolute Gasteiger partial charge is 0.488 e. The third kappa shape index (κ3) is 4.92. The summed E-state index contributed by atoms with van der Waals surface area (Å²) in [5.41, 5.74) is -4.29. The Kier molecular flexibility index (Phi) is 6.10. The van der Waals surface area contributed by atoms with E-state index in [1.165, 1.54) is 24.3 Å². The first kappa shape index (κ1) is 18.7. The smallest absolute Gasteiger partial charge is 0.446 e. The maximum Gasteiger partial charge on any atom is 0.446 e. The number of ether oxygens (including phenoxy) is 1. The van der Waals surface area contributed by atoms with Crippen molar-refractivity contribution in [3.8, 4) is 5.75 Å². The van der Waals surface area contributed by atoms with Gasteiger partial charge in [-0.1, -0.05) is 0 Å². The van der Waals surface area contributed by atoms with Gasteiger partial charge in [-0.2, -0.15) is 13.2 Å². The van der Waals surface area contributed by atoms with Crippen LogP contribution in [0.25, 0.3) is 0 Å². The number of rotatable bonds is 3. The Hall–Kier alpha value is -0.630. The van der Waals surface area contributed by atoms with Crippen molar-refractivity contribution in [3.05, 3.63) is 24.3 Å². The first-order valence-electron chi connectivity index (χ1n) is 7.32. The van der Waals surface area contributed by atoms with Gasteiger partial charge in [-0.05, 0) is 73.8 Å². The third-order valence-corrected chi connectivity index (χ3v) is 5.07. The second kappa shape index (κ2) is 7.51. The summed E-state index contributed by atoms with van der Waals surface area (Å²) >= 11 is -0.145. The Labute approximate surface area is 143 Å². The standard InChI is InChI=1S/C15H18F3NO2S.ClH/c16-15(17,18)22-12-3-1-11(2-4-12)21-14-6-10-8-19-7-9(10)5-13(14)20;/h1-4,9-10,13-14,19-20H,5-8H2;1H/t9-,10+,13+,14+;/m0./s1. The molecule has 130 valence electrons. The Morgan fingerprint density at radius 2 is 1.70 bits per heavy atom. The molecule has 1 saturated carbocycles. The molecule has 1 aromatic rings. The van der Waals surface area contributed by atoms with E-state index in [9.17, 15) is 18.3 Å². The molecule has 0 bridgehead atoms. The summed E-state index contributed by atoms with van der Waals surface area (Å²) in [5, 5.41) is 13.5. The predicted octanol–water partition coefficient (Wildman–Crippen LogP) is 3.46. The first-order chi connectivity index (χ1) is 10.4. The van der Waals surface area contributed by atoms with Crippen molar-refractivity contribution in [3.63, 3.8) is 0 Å². The van der Waals surface area contributed by atoms with Gasteiger partial charge in [0.05, 0.1) is 6.10 Å². The Morgan fingerprint density at radius 3 is 2.30 bits per heavy atom. The van der Waals surface area contributed by atoms with Crippen LogP contribution >= 0.6 is 24.2 Å². The molecule has 1 aliphatic carbocycles. The highest BCUT2D eigenvalue weighted by atomic mass is 35.5. The van der Waals surface area contributed by atoms with Gasteiger partial charge in [0.2, 0.25) is 0 Å². The van der Waals surface area contributed by atoms with E-state index in [2.05, 4.69) is 5.32 Å². The normalized spacial score (nSPS) is 30.4. The summed E-state index contributed by atoms with van der Waals surface area (Å²) in [4.78, 5) is 0.129. The molecule has 0 spiro atoms. The molecule has 23 heavy (non-hydrogen) atoms. The molecule has 3 nitrogen and oxygen atoms in total. The van der Waals surface area contributed by atoms with E-state index >= 15 is 0 Å². The molecule has 2 fully saturated rings. The maximum absolute atomic E-state index is 12.3. The summed E-state index contributed by atoms with van der Waals surface area (Å²) < 4.78 is 42.6. The van der Waals surface area contributed by atoms with Gasteiger partial charge in [-0.15, -0.1) is 12.4 Å². The molecule has 2 aliphatic rings. The molecule has 4 atom stereocenters. The number of aliphatic hydroxyl groups excluding tert-OH is 1. The van der Waals surface area contributed by atoms with Crippen LogP contribution in [0.3, 0.4) is 0 Å². The molecule has 0 unspecified atom stereocenters. The molecule has 0 amide bonds. The average molecular weight is 370 g/mol. The van der Waals surface area contributed by atoms with Crippen molar-refractivity contribution < 1.29 is 23.0 Å². The molecular formula is C15H19ClF3NO2S. The number of thioether (sulfide) groups is 1. The lowest BCUT2D eigenvalue weighted by molar-refractivity contribution is -0.0328. The van der Waals surface area contributed by atoms with E-state index < -0.39 is 11.6 Å². The van der Waals surface area contributed by atoms with Crippen molar-refractivity contribution in [2.75, 3.05) is 13.1 Å². The van der Waals surface area contributed by atoms with Crippen molar-refractivity contribution in [1.29, 1.82) is 0 Å². The van der Waals surface area contributed by atoms with Crippen LogP contribution in [0.5, 0.6) is 5.75 Å².